The number of rotatable bonds is 5. The van der Waals surface area contributed by atoms with E-state index in [0.29, 0.717) is 17.4 Å². The Morgan fingerprint density at radius 1 is 1.12 bits per heavy atom. The Labute approximate surface area is 185 Å². The molecule has 1 heterocycles. The number of thiazole rings is 1. The van der Waals surface area contributed by atoms with E-state index in [1.165, 1.54) is 13.0 Å². The van der Waals surface area contributed by atoms with Gasteiger partial charge >= 0.3 is 18.5 Å². The monoisotopic (exact) mass is 492 g/mol. The standard InChI is InChI=1S/C20H14F6N2O4S/c1-2-13(17(30)31)28-14-7-6-12(32-20(24,25)26)9-15(14)33-18(28)27-16(29)10-4-3-5-11(8-10)19(21,22)23/h3-9,13H,2H2,1H3,(H,30,31)/b27-18-. The maximum absolute atomic E-state index is 13.0. The number of amides is 1. The number of hydrogen-bond acceptors (Lipinski definition) is 4. The van der Waals surface area contributed by atoms with E-state index in [4.69, 9.17) is 0 Å². The van der Waals surface area contributed by atoms with Crippen LogP contribution in [0.4, 0.5) is 26.3 Å². The fourth-order valence-electron chi connectivity index (χ4n) is 3.05. The summed E-state index contributed by atoms with van der Waals surface area (Å²) < 4.78 is 81.6. The lowest BCUT2D eigenvalue weighted by molar-refractivity contribution is -0.274. The molecule has 0 saturated heterocycles. The van der Waals surface area contributed by atoms with E-state index < -0.39 is 47.3 Å². The zero-order valence-electron chi connectivity index (χ0n) is 16.6. The number of alkyl halides is 6. The molecule has 1 N–H and O–H groups in total. The molecule has 1 unspecified atom stereocenters. The molecule has 2 aromatic carbocycles. The highest BCUT2D eigenvalue weighted by Crippen LogP contribution is 2.31. The number of ether oxygens (including phenoxy) is 1. The van der Waals surface area contributed by atoms with E-state index in [1.54, 1.807) is 0 Å². The first kappa shape index (κ1) is 24.3. The van der Waals surface area contributed by atoms with Crippen LogP contribution in [0.25, 0.3) is 10.2 Å². The number of hydrogen-bond donors (Lipinski definition) is 1. The van der Waals surface area contributed by atoms with Crippen molar-refractivity contribution in [3.8, 4) is 5.75 Å². The first-order valence-corrected chi connectivity index (χ1v) is 10.0. The van der Waals surface area contributed by atoms with E-state index in [-0.39, 0.29) is 21.4 Å². The highest BCUT2D eigenvalue weighted by atomic mass is 32.1. The Morgan fingerprint density at radius 3 is 2.39 bits per heavy atom. The number of aliphatic carboxylic acids is 1. The maximum atomic E-state index is 13.0. The van der Waals surface area contributed by atoms with E-state index in [9.17, 15) is 41.0 Å². The lowest BCUT2D eigenvalue weighted by atomic mass is 10.1. The van der Waals surface area contributed by atoms with Crippen molar-refractivity contribution in [1.82, 2.24) is 4.57 Å². The number of benzene rings is 2. The molecule has 0 aliphatic rings. The molecule has 1 amide bonds. The summed E-state index contributed by atoms with van der Waals surface area (Å²) >= 11 is 0.700. The topological polar surface area (TPSA) is 80.9 Å². The van der Waals surface area contributed by atoms with Crippen molar-refractivity contribution in [2.24, 2.45) is 4.99 Å². The highest BCUT2D eigenvalue weighted by molar-refractivity contribution is 7.16. The van der Waals surface area contributed by atoms with Crippen LogP contribution < -0.4 is 9.54 Å². The average Bonchev–Trinajstić information content (AvgIpc) is 3.03. The van der Waals surface area contributed by atoms with E-state index in [2.05, 4.69) is 9.73 Å². The minimum atomic E-state index is -4.96. The first-order chi connectivity index (χ1) is 15.3. The van der Waals surface area contributed by atoms with Gasteiger partial charge in [-0.25, -0.2) is 4.79 Å². The second-order valence-corrected chi connectivity index (χ2v) is 7.70. The average molecular weight is 492 g/mol. The Morgan fingerprint density at radius 2 is 1.82 bits per heavy atom. The Balaban J connectivity index is 2.18. The van der Waals surface area contributed by atoms with Crippen LogP contribution in [-0.4, -0.2) is 27.9 Å². The predicted octanol–water partition coefficient (Wildman–Crippen LogP) is 5.40. The SMILES string of the molecule is CCC(C(=O)O)n1/c(=N/C(=O)c2cccc(C(F)(F)F)c2)sc2cc(OC(F)(F)F)ccc21. The molecule has 3 aromatic rings. The molecule has 1 aromatic heterocycles. The molecule has 33 heavy (non-hydrogen) atoms. The molecule has 1 atom stereocenters. The van der Waals surface area contributed by atoms with Gasteiger partial charge in [0, 0.05) is 5.56 Å². The van der Waals surface area contributed by atoms with Crippen molar-refractivity contribution in [3.05, 3.63) is 58.4 Å². The molecule has 0 spiro atoms. The summed E-state index contributed by atoms with van der Waals surface area (Å²) in [5.74, 6) is -2.93. The molecule has 0 radical (unpaired) electrons. The lowest BCUT2D eigenvalue weighted by Gasteiger charge is -2.14. The third kappa shape index (κ3) is 5.53. The number of nitrogens with zero attached hydrogens (tertiary/aromatic N) is 2. The summed E-state index contributed by atoms with van der Waals surface area (Å²) in [6.45, 7) is 1.54. The second-order valence-electron chi connectivity index (χ2n) is 6.69. The first-order valence-electron chi connectivity index (χ1n) is 9.20. The minimum absolute atomic E-state index is 0.0346. The van der Waals surface area contributed by atoms with Crippen LogP contribution in [-0.2, 0) is 11.0 Å². The molecule has 176 valence electrons. The van der Waals surface area contributed by atoms with Gasteiger partial charge < -0.3 is 14.4 Å². The second kappa shape index (κ2) is 8.89. The van der Waals surface area contributed by atoms with E-state index in [1.807, 2.05) is 0 Å². The van der Waals surface area contributed by atoms with Crippen LogP contribution in [0.3, 0.4) is 0 Å². The normalized spacial score (nSPS) is 13.8. The Kier molecular flexibility index (Phi) is 6.54. The number of carbonyl (C=O) groups is 2. The zero-order valence-corrected chi connectivity index (χ0v) is 17.4. The molecule has 0 fully saturated rings. The van der Waals surface area contributed by atoms with Crippen LogP contribution in [0.2, 0.25) is 0 Å². The van der Waals surface area contributed by atoms with Crippen LogP contribution in [0.15, 0.2) is 47.5 Å². The summed E-state index contributed by atoms with van der Waals surface area (Å²) in [6, 6.07) is 5.45. The number of fused-ring (bicyclic) bond motifs is 1. The predicted molar refractivity (Wildman–Crippen MR) is 105 cm³/mol. The van der Waals surface area contributed by atoms with Gasteiger partial charge in [-0.1, -0.05) is 24.3 Å². The molecule has 0 saturated carbocycles. The fourth-order valence-corrected chi connectivity index (χ4v) is 4.14. The largest absolute Gasteiger partial charge is 0.573 e. The number of aromatic nitrogens is 1. The van der Waals surface area contributed by atoms with Gasteiger partial charge in [0.25, 0.3) is 5.91 Å². The number of carboxylic acids is 1. The van der Waals surface area contributed by atoms with Crippen LogP contribution in [0.1, 0.15) is 35.3 Å². The molecule has 13 heteroatoms. The van der Waals surface area contributed by atoms with Gasteiger partial charge in [0.1, 0.15) is 11.8 Å². The molecular weight excluding hydrogens is 478 g/mol. The van der Waals surface area contributed by atoms with E-state index in [0.717, 1.165) is 34.9 Å². The van der Waals surface area contributed by atoms with Crippen molar-refractivity contribution in [2.45, 2.75) is 31.9 Å². The quantitative estimate of drug-likeness (QED) is 0.484. The van der Waals surface area contributed by atoms with Gasteiger partial charge in [-0.05, 0) is 42.8 Å². The van der Waals surface area contributed by atoms with Crippen molar-refractivity contribution in [1.29, 1.82) is 0 Å². The summed E-state index contributed by atoms with van der Waals surface area (Å²) in [5.41, 5.74) is -1.30. The fraction of sp³-hybridized carbons (Fsp3) is 0.250. The summed E-state index contributed by atoms with van der Waals surface area (Å²) in [7, 11) is 0. The smallest absolute Gasteiger partial charge is 0.480 e. The zero-order chi connectivity index (χ0) is 24.6. The number of halogens is 6. The molecule has 3 rings (SSSR count). The molecule has 0 aliphatic heterocycles. The molecule has 0 aliphatic carbocycles. The van der Waals surface area contributed by atoms with Gasteiger partial charge in [0.05, 0.1) is 15.8 Å². The third-order valence-electron chi connectivity index (χ3n) is 4.45. The molecular formula is C20H14F6N2O4S. The van der Waals surface area contributed by atoms with Crippen molar-refractivity contribution < 1.29 is 45.8 Å². The van der Waals surface area contributed by atoms with Crippen molar-refractivity contribution >= 4 is 33.4 Å². The van der Waals surface area contributed by atoms with Gasteiger partial charge in [-0.15, -0.1) is 13.2 Å². The number of carboxylic acid groups (broad SMARTS) is 1. The highest BCUT2D eigenvalue weighted by Gasteiger charge is 2.32. The Bertz CT molecular complexity index is 1280. The maximum Gasteiger partial charge on any atom is 0.573 e. The van der Waals surface area contributed by atoms with Crippen molar-refractivity contribution in [3.63, 3.8) is 0 Å². The van der Waals surface area contributed by atoms with Gasteiger partial charge in [-0.2, -0.15) is 18.2 Å². The van der Waals surface area contributed by atoms with Crippen LogP contribution in [0, 0.1) is 0 Å². The number of carbonyl (C=O) groups excluding carboxylic acids is 1. The lowest BCUT2D eigenvalue weighted by Crippen LogP contribution is -2.27. The van der Waals surface area contributed by atoms with Crippen LogP contribution >= 0.6 is 11.3 Å². The van der Waals surface area contributed by atoms with Gasteiger partial charge in [-0.3, -0.25) is 4.79 Å². The summed E-state index contributed by atoms with van der Waals surface area (Å²) in [4.78, 5) is 27.9. The van der Waals surface area contributed by atoms with E-state index >= 15 is 0 Å². The van der Waals surface area contributed by atoms with Gasteiger partial charge in [0.15, 0.2) is 4.80 Å². The summed E-state index contributed by atoms with van der Waals surface area (Å²) in [5, 5.41) is 9.57. The third-order valence-corrected chi connectivity index (χ3v) is 5.47. The minimum Gasteiger partial charge on any atom is -0.480 e. The van der Waals surface area contributed by atoms with Gasteiger partial charge in [0.2, 0.25) is 0 Å². The Hall–Kier alpha value is -3.35. The molecule has 0 bridgehead atoms. The summed E-state index contributed by atoms with van der Waals surface area (Å²) in [6.07, 6.45) is -9.62. The van der Waals surface area contributed by atoms with Crippen LogP contribution in [0.5, 0.6) is 5.75 Å². The van der Waals surface area contributed by atoms with Crippen molar-refractivity contribution in [2.75, 3.05) is 0 Å². The molecule has 6 nitrogen and oxygen atoms in total.